The molecule has 0 aliphatic heterocycles. The van der Waals surface area contributed by atoms with E-state index in [2.05, 4.69) is 10.3 Å². The van der Waals surface area contributed by atoms with Crippen molar-refractivity contribution >= 4 is 22.4 Å². The minimum Gasteiger partial charge on any atom is -0.302 e. The molecule has 2 rings (SSSR count). The Bertz CT molecular complexity index is 622. The van der Waals surface area contributed by atoms with Crippen molar-refractivity contribution in [3.8, 4) is 11.3 Å². The van der Waals surface area contributed by atoms with Crippen LogP contribution in [0.3, 0.4) is 0 Å². The highest BCUT2D eigenvalue weighted by atomic mass is 32.1. The van der Waals surface area contributed by atoms with Crippen molar-refractivity contribution in [2.24, 2.45) is 0 Å². The minimum absolute atomic E-state index is 0.197. The van der Waals surface area contributed by atoms with Crippen LogP contribution in [0.5, 0.6) is 0 Å². The number of benzene rings is 1. The number of nitrogens with one attached hydrogen (secondary N) is 1. The fourth-order valence-corrected chi connectivity index (χ4v) is 2.46. The Labute approximate surface area is 125 Å². The number of allylic oxidation sites excluding steroid dienone is 1. The molecule has 3 nitrogen and oxygen atoms in total. The third kappa shape index (κ3) is 5.07. The van der Waals surface area contributed by atoms with E-state index in [0.29, 0.717) is 11.6 Å². The van der Waals surface area contributed by atoms with E-state index in [1.807, 2.05) is 35.7 Å². The van der Waals surface area contributed by atoms with Crippen LogP contribution >= 0.6 is 11.3 Å². The van der Waals surface area contributed by atoms with Crippen LogP contribution in [0.1, 0.15) is 19.3 Å². The molecule has 0 saturated carbocycles. The number of rotatable bonds is 6. The van der Waals surface area contributed by atoms with Gasteiger partial charge in [0.1, 0.15) is 0 Å². The summed E-state index contributed by atoms with van der Waals surface area (Å²) in [6.07, 6.45) is -0.0974. The van der Waals surface area contributed by atoms with E-state index in [4.69, 9.17) is 0 Å². The van der Waals surface area contributed by atoms with Crippen molar-refractivity contribution in [1.29, 1.82) is 0 Å². The molecule has 0 fully saturated rings. The summed E-state index contributed by atoms with van der Waals surface area (Å²) in [5, 5.41) is 5.07. The molecule has 0 aliphatic carbocycles. The number of carbonyl (C=O) groups excluding carboxylic acids is 1. The van der Waals surface area contributed by atoms with E-state index in [1.165, 1.54) is 11.3 Å². The van der Waals surface area contributed by atoms with Crippen LogP contribution < -0.4 is 5.32 Å². The zero-order valence-electron chi connectivity index (χ0n) is 11.2. The molecule has 0 unspecified atom stereocenters. The Morgan fingerprint density at radius 3 is 2.76 bits per heavy atom. The number of hydrogen-bond donors (Lipinski definition) is 1. The lowest BCUT2D eigenvalue weighted by atomic mass is 10.2. The van der Waals surface area contributed by atoms with Gasteiger partial charge in [-0.3, -0.25) is 4.79 Å². The zero-order chi connectivity index (χ0) is 15.1. The molecule has 0 aliphatic rings. The van der Waals surface area contributed by atoms with Gasteiger partial charge in [0.25, 0.3) is 6.08 Å². The first kappa shape index (κ1) is 15.3. The van der Waals surface area contributed by atoms with Crippen molar-refractivity contribution in [1.82, 2.24) is 4.98 Å². The fraction of sp³-hybridized carbons (Fsp3) is 0.200. The maximum atomic E-state index is 11.8. The molecule has 21 heavy (non-hydrogen) atoms. The highest BCUT2D eigenvalue weighted by Crippen LogP contribution is 2.24. The van der Waals surface area contributed by atoms with Gasteiger partial charge in [-0.2, -0.15) is 8.78 Å². The van der Waals surface area contributed by atoms with E-state index >= 15 is 0 Å². The lowest BCUT2D eigenvalue weighted by Crippen LogP contribution is -2.10. The standard InChI is InChI=1S/C15H14F2N2OS/c16-13(17)8-4-5-9-14(20)19-15-18-12(10-21-15)11-6-2-1-3-7-11/h1-3,6-8,10H,4-5,9H2,(H,18,19,20). The highest BCUT2D eigenvalue weighted by molar-refractivity contribution is 7.14. The summed E-state index contributed by atoms with van der Waals surface area (Å²) in [5.41, 5.74) is 1.79. The SMILES string of the molecule is O=C(CCCC=C(F)F)Nc1nc(-c2ccccc2)cs1. The molecule has 1 aromatic heterocycles. The Kier molecular flexibility index (Phi) is 5.57. The normalized spacial score (nSPS) is 10.2. The second kappa shape index (κ2) is 7.64. The average Bonchev–Trinajstić information content (AvgIpc) is 2.93. The molecule has 1 heterocycles. The number of halogens is 2. The molecule has 1 aromatic carbocycles. The van der Waals surface area contributed by atoms with Gasteiger partial charge in [-0.05, 0) is 18.9 Å². The Morgan fingerprint density at radius 1 is 1.29 bits per heavy atom. The van der Waals surface area contributed by atoms with Crippen LogP contribution in [0.2, 0.25) is 0 Å². The lowest BCUT2D eigenvalue weighted by molar-refractivity contribution is -0.116. The van der Waals surface area contributed by atoms with E-state index < -0.39 is 6.08 Å². The van der Waals surface area contributed by atoms with Gasteiger partial charge in [-0.15, -0.1) is 11.3 Å². The van der Waals surface area contributed by atoms with Crippen molar-refractivity contribution in [2.75, 3.05) is 5.32 Å². The van der Waals surface area contributed by atoms with Crippen LogP contribution in [0.4, 0.5) is 13.9 Å². The average molecular weight is 308 g/mol. The summed E-state index contributed by atoms with van der Waals surface area (Å²) in [5.74, 6) is -0.211. The summed E-state index contributed by atoms with van der Waals surface area (Å²) >= 11 is 1.34. The molecule has 0 radical (unpaired) electrons. The topological polar surface area (TPSA) is 42.0 Å². The van der Waals surface area contributed by atoms with Gasteiger partial charge < -0.3 is 5.32 Å². The number of hydrogen-bond acceptors (Lipinski definition) is 3. The monoisotopic (exact) mass is 308 g/mol. The number of unbranched alkanes of at least 4 members (excludes halogenated alkanes) is 1. The van der Waals surface area contributed by atoms with Gasteiger partial charge in [0.2, 0.25) is 5.91 Å². The second-order valence-corrected chi connectivity index (χ2v) is 5.20. The van der Waals surface area contributed by atoms with Gasteiger partial charge in [0.05, 0.1) is 5.69 Å². The smallest absolute Gasteiger partial charge is 0.266 e. The van der Waals surface area contributed by atoms with Crippen LogP contribution in [-0.4, -0.2) is 10.9 Å². The largest absolute Gasteiger partial charge is 0.302 e. The van der Waals surface area contributed by atoms with E-state index in [0.717, 1.165) is 17.3 Å². The molecule has 1 amide bonds. The molecule has 0 bridgehead atoms. The van der Waals surface area contributed by atoms with Crippen LogP contribution in [0, 0.1) is 0 Å². The molecule has 110 valence electrons. The summed E-state index contributed by atoms with van der Waals surface area (Å²) in [4.78, 5) is 16.0. The Balaban J connectivity index is 1.85. The molecule has 0 atom stereocenters. The van der Waals surface area contributed by atoms with Gasteiger partial charge in [-0.25, -0.2) is 4.98 Å². The number of amides is 1. The van der Waals surface area contributed by atoms with Crippen LogP contribution in [0.25, 0.3) is 11.3 Å². The third-order valence-corrected chi connectivity index (χ3v) is 3.48. The van der Waals surface area contributed by atoms with Crippen molar-refractivity contribution < 1.29 is 13.6 Å². The summed E-state index contributed by atoms with van der Waals surface area (Å²) in [6, 6.07) is 9.65. The quantitative estimate of drug-likeness (QED) is 0.786. The van der Waals surface area contributed by atoms with Crippen LogP contribution in [0.15, 0.2) is 47.9 Å². The molecule has 2 aromatic rings. The number of anilines is 1. The van der Waals surface area contributed by atoms with Gasteiger partial charge in [0, 0.05) is 17.4 Å². The maximum absolute atomic E-state index is 11.8. The van der Waals surface area contributed by atoms with E-state index in [9.17, 15) is 13.6 Å². The minimum atomic E-state index is -1.71. The molecule has 6 heteroatoms. The maximum Gasteiger partial charge on any atom is 0.266 e. The van der Waals surface area contributed by atoms with E-state index in [-0.39, 0.29) is 18.7 Å². The number of aromatic nitrogens is 1. The Hall–Kier alpha value is -2.08. The lowest BCUT2D eigenvalue weighted by Gasteiger charge is -2.00. The molecule has 1 N–H and O–H groups in total. The van der Waals surface area contributed by atoms with Gasteiger partial charge >= 0.3 is 0 Å². The van der Waals surface area contributed by atoms with Crippen molar-refractivity contribution in [3.05, 3.63) is 47.9 Å². The van der Waals surface area contributed by atoms with Gasteiger partial charge in [0.15, 0.2) is 5.13 Å². The molecule has 0 spiro atoms. The first-order chi connectivity index (χ1) is 10.1. The molecule has 0 saturated heterocycles. The number of thiazole rings is 1. The predicted molar refractivity (Wildman–Crippen MR) is 80.3 cm³/mol. The fourth-order valence-electron chi connectivity index (χ4n) is 1.73. The summed E-state index contributed by atoms with van der Waals surface area (Å²) in [6.45, 7) is 0. The Morgan fingerprint density at radius 2 is 2.05 bits per heavy atom. The van der Waals surface area contributed by atoms with E-state index in [1.54, 1.807) is 0 Å². The van der Waals surface area contributed by atoms with Crippen LogP contribution in [-0.2, 0) is 4.79 Å². The molecular formula is C15H14F2N2OS. The van der Waals surface area contributed by atoms with Crippen molar-refractivity contribution in [2.45, 2.75) is 19.3 Å². The van der Waals surface area contributed by atoms with Gasteiger partial charge in [-0.1, -0.05) is 30.3 Å². The number of nitrogens with zero attached hydrogens (tertiary/aromatic N) is 1. The summed E-state index contributed by atoms with van der Waals surface area (Å²) < 4.78 is 23.6. The third-order valence-electron chi connectivity index (χ3n) is 2.73. The predicted octanol–water partition coefficient (Wildman–Crippen LogP) is 4.70. The highest BCUT2D eigenvalue weighted by Gasteiger charge is 2.07. The van der Waals surface area contributed by atoms with Crippen molar-refractivity contribution in [3.63, 3.8) is 0 Å². The number of carbonyl (C=O) groups is 1. The first-order valence-corrected chi connectivity index (χ1v) is 7.35. The molecular weight excluding hydrogens is 294 g/mol. The zero-order valence-corrected chi connectivity index (χ0v) is 12.0. The summed E-state index contributed by atoms with van der Waals surface area (Å²) in [7, 11) is 0. The first-order valence-electron chi connectivity index (χ1n) is 6.47. The second-order valence-electron chi connectivity index (χ2n) is 4.34.